The van der Waals surface area contributed by atoms with E-state index in [4.69, 9.17) is 4.55 Å². The second kappa shape index (κ2) is 12.4. The molecule has 5 heteroatoms. The molecule has 0 aliphatic carbocycles. The zero-order valence-corrected chi connectivity index (χ0v) is 14.6. The molecule has 0 aliphatic heterocycles. The highest BCUT2D eigenvalue weighted by molar-refractivity contribution is 7.86. The molecule has 2 unspecified atom stereocenters. The minimum absolute atomic E-state index is 0.132. The summed E-state index contributed by atoms with van der Waals surface area (Å²) in [6.45, 7) is 3.72. The summed E-state index contributed by atoms with van der Waals surface area (Å²) in [4.78, 5) is 0. The van der Waals surface area contributed by atoms with E-state index < -0.39 is 15.4 Å². The second-order valence-electron chi connectivity index (χ2n) is 6.17. The van der Waals surface area contributed by atoms with Crippen molar-refractivity contribution >= 4 is 10.1 Å². The van der Waals surface area contributed by atoms with Gasteiger partial charge in [-0.25, -0.2) is 0 Å². The van der Waals surface area contributed by atoms with Crippen LogP contribution >= 0.6 is 0 Å². The maximum atomic E-state index is 10.8. The molecule has 0 rings (SSSR count). The highest BCUT2D eigenvalue weighted by Gasteiger charge is 2.15. The quantitative estimate of drug-likeness (QED) is 0.369. The van der Waals surface area contributed by atoms with Crippen molar-refractivity contribution in [3.63, 3.8) is 0 Å². The van der Waals surface area contributed by atoms with Gasteiger partial charge in [-0.15, -0.1) is 0 Å². The van der Waals surface area contributed by atoms with Gasteiger partial charge < -0.3 is 5.11 Å². The molecule has 0 bridgehead atoms. The van der Waals surface area contributed by atoms with Crippen molar-refractivity contribution in [2.45, 2.75) is 102 Å². The Morgan fingerprint density at radius 2 is 1.24 bits per heavy atom. The maximum absolute atomic E-state index is 10.8. The van der Waals surface area contributed by atoms with Crippen LogP contribution in [0.2, 0.25) is 0 Å². The Balaban J connectivity index is 3.33. The fourth-order valence-corrected chi connectivity index (χ4v) is 2.91. The van der Waals surface area contributed by atoms with Crippen LogP contribution in [0.1, 0.15) is 90.9 Å². The lowest BCUT2D eigenvalue weighted by atomic mass is 10.0. The van der Waals surface area contributed by atoms with Crippen LogP contribution in [0.3, 0.4) is 0 Å². The highest BCUT2D eigenvalue weighted by atomic mass is 32.2. The summed E-state index contributed by atoms with van der Waals surface area (Å²) in [5, 5.41) is 9.13. The van der Waals surface area contributed by atoms with Crippen LogP contribution in [0.15, 0.2) is 0 Å². The lowest BCUT2D eigenvalue weighted by Crippen LogP contribution is -2.16. The van der Waals surface area contributed by atoms with Gasteiger partial charge in [0.2, 0.25) is 0 Å². The average Bonchev–Trinajstić information content (AvgIpc) is 2.40. The number of aliphatic hydroxyl groups is 1. The van der Waals surface area contributed by atoms with Crippen LogP contribution in [-0.4, -0.2) is 29.4 Å². The van der Waals surface area contributed by atoms with Gasteiger partial charge in [0.25, 0.3) is 10.1 Å². The van der Waals surface area contributed by atoms with E-state index in [-0.39, 0.29) is 6.10 Å². The molecule has 128 valence electrons. The molecule has 0 radical (unpaired) electrons. The minimum atomic E-state index is -3.85. The van der Waals surface area contributed by atoms with Crippen LogP contribution < -0.4 is 0 Å². The molecule has 0 aromatic rings. The summed E-state index contributed by atoms with van der Waals surface area (Å²) in [5.41, 5.74) is 0. The predicted octanol–water partition coefficient (Wildman–Crippen LogP) is 4.32. The van der Waals surface area contributed by atoms with E-state index in [1.807, 2.05) is 0 Å². The van der Waals surface area contributed by atoms with E-state index in [2.05, 4.69) is 6.92 Å². The standard InChI is InChI=1S/C16H34O4S/c1-3-4-9-13-16(17)14-11-8-6-5-7-10-12-15(2)21(18,19)20/h15-17H,3-14H2,1-2H3,(H,18,19,20). The Morgan fingerprint density at radius 3 is 1.71 bits per heavy atom. The summed E-state index contributed by atoms with van der Waals surface area (Å²) in [5.74, 6) is 0. The number of aliphatic hydroxyl groups excluding tert-OH is 1. The zero-order valence-electron chi connectivity index (χ0n) is 13.8. The lowest BCUT2D eigenvalue weighted by Gasteiger charge is -2.10. The van der Waals surface area contributed by atoms with Gasteiger partial charge in [0.05, 0.1) is 11.4 Å². The van der Waals surface area contributed by atoms with Crippen molar-refractivity contribution in [1.82, 2.24) is 0 Å². The van der Waals surface area contributed by atoms with E-state index in [0.29, 0.717) is 6.42 Å². The first-order valence-corrected chi connectivity index (χ1v) is 10.0. The molecule has 0 aromatic carbocycles. The highest BCUT2D eigenvalue weighted by Crippen LogP contribution is 2.14. The normalized spacial score (nSPS) is 15.0. The number of hydrogen-bond acceptors (Lipinski definition) is 3. The molecule has 0 saturated carbocycles. The smallest absolute Gasteiger partial charge is 0.267 e. The summed E-state index contributed by atoms with van der Waals surface area (Å²) < 4.78 is 30.5. The predicted molar refractivity (Wildman–Crippen MR) is 88.1 cm³/mol. The molecule has 0 fully saturated rings. The van der Waals surface area contributed by atoms with Crippen molar-refractivity contribution in [3.8, 4) is 0 Å². The fraction of sp³-hybridized carbons (Fsp3) is 1.00. The molecule has 0 amide bonds. The van der Waals surface area contributed by atoms with E-state index in [9.17, 15) is 13.5 Å². The molecule has 0 saturated heterocycles. The first-order valence-electron chi connectivity index (χ1n) is 8.52. The number of rotatable bonds is 14. The van der Waals surface area contributed by atoms with Gasteiger partial charge in [-0.3, -0.25) is 4.55 Å². The average molecular weight is 323 g/mol. The van der Waals surface area contributed by atoms with Gasteiger partial charge in [-0.05, 0) is 26.2 Å². The lowest BCUT2D eigenvalue weighted by molar-refractivity contribution is 0.147. The SMILES string of the molecule is CCCCCC(O)CCCCCCCCC(C)S(=O)(=O)O. The monoisotopic (exact) mass is 322 g/mol. The third-order valence-corrected chi connectivity index (χ3v) is 5.30. The second-order valence-corrected chi connectivity index (χ2v) is 8.01. The Bertz CT molecular complexity index is 327. The fourth-order valence-electron chi connectivity index (χ4n) is 2.44. The summed E-state index contributed by atoms with van der Waals surface area (Å²) in [6, 6.07) is 0. The van der Waals surface area contributed by atoms with E-state index in [1.165, 1.54) is 12.8 Å². The minimum Gasteiger partial charge on any atom is -0.393 e. The third-order valence-electron chi connectivity index (χ3n) is 4.05. The van der Waals surface area contributed by atoms with Crippen molar-refractivity contribution in [2.24, 2.45) is 0 Å². The topological polar surface area (TPSA) is 74.6 Å². The van der Waals surface area contributed by atoms with Crippen LogP contribution in [0.25, 0.3) is 0 Å². The summed E-state index contributed by atoms with van der Waals surface area (Å²) in [6.07, 6.45) is 12.1. The molecule has 2 N–H and O–H groups in total. The number of unbranched alkanes of at least 4 members (excludes halogenated alkanes) is 7. The van der Waals surface area contributed by atoms with Crippen molar-refractivity contribution < 1.29 is 18.1 Å². The van der Waals surface area contributed by atoms with Gasteiger partial charge >= 0.3 is 0 Å². The van der Waals surface area contributed by atoms with E-state index in [1.54, 1.807) is 6.92 Å². The maximum Gasteiger partial charge on any atom is 0.267 e. The summed E-state index contributed by atoms with van der Waals surface area (Å²) in [7, 11) is -3.85. The molecule has 0 aliphatic rings. The van der Waals surface area contributed by atoms with Gasteiger partial charge in [-0.1, -0.05) is 64.7 Å². The van der Waals surface area contributed by atoms with Crippen LogP contribution in [0.4, 0.5) is 0 Å². The molecule has 21 heavy (non-hydrogen) atoms. The van der Waals surface area contributed by atoms with Crippen molar-refractivity contribution in [3.05, 3.63) is 0 Å². The Hall–Kier alpha value is -0.130. The molecular formula is C16H34O4S. The molecule has 4 nitrogen and oxygen atoms in total. The Morgan fingerprint density at radius 1 is 0.810 bits per heavy atom. The molecule has 0 aromatic heterocycles. The van der Waals surface area contributed by atoms with Crippen LogP contribution in [0.5, 0.6) is 0 Å². The molecule has 0 heterocycles. The molecular weight excluding hydrogens is 288 g/mol. The van der Waals surface area contributed by atoms with Gasteiger partial charge in [-0.2, -0.15) is 8.42 Å². The van der Waals surface area contributed by atoms with Gasteiger partial charge in [0.15, 0.2) is 0 Å². The van der Waals surface area contributed by atoms with Gasteiger partial charge in [0.1, 0.15) is 0 Å². The third kappa shape index (κ3) is 13.3. The number of hydrogen-bond donors (Lipinski definition) is 2. The van der Waals surface area contributed by atoms with E-state index >= 15 is 0 Å². The zero-order chi connectivity index (χ0) is 16.1. The van der Waals surface area contributed by atoms with Crippen molar-refractivity contribution in [1.29, 1.82) is 0 Å². The summed E-state index contributed by atoms with van der Waals surface area (Å²) >= 11 is 0. The van der Waals surface area contributed by atoms with Crippen LogP contribution in [0, 0.1) is 0 Å². The largest absolute Gasteiger partial charge is 0.393 e. The van der Waals surface area contributed by atoms with Gasteiger partial charge in [0, 0.05) is 0 Å². The molecule has 2 atom stereocenters. The first kappa shape index (κ1) is 20.9. The van der Waals surface area contributed by atoms with Crippen molar-refractivity contribution in [2.75, 3.05) is 0 Å². The van der Waals surface area contributed by atoms with E-state index in [0.717, 1.165) is 57.8 Å². The Labute approximate surface area is 131 Å². The molecule has 0 spiro atoms. The first-order chi connectivity index (χ1) is 9.88. The Kier molecular flexibility index (Phi) is 12.3. The van der Waals surface area contributed by atoms with Crippen LogP contribution in [-0.2, 0) is 10.1 Å².